The predicted molar refractivity (Wildman–Crippen MR) is 12.6 cm³/mol. The monoisotopic (exact) mass is 167 g/mol. The smallest absolute Gasteiger partial charge is 0.208 e. The minimum atomic E-state index is 0. The van der Waals surface area contributed by atoms with Crippen LogP contribution in [-0.4, -0.2) is 5.75 Å². The molecule has 0 aromatic rings. The van der Waals surface area contributed by atoms with E-state index in [4.69, 9.17) is 4.79 Å². The van der Waals surface area contributed by atoms with Crippen molar-refractivity contribution in [2.24, 2.45) is 0 Å². The molecular weight excluding hydrogens is 166 g/mol. The van der Waals surface area contributed by atoms with Crippen molar-refractivity contribution in [2.75, 3.05) is 0 Å². The summed E-state index contributed by atoms with van der Waals surface area (Å²) in [5, 5.41) is 0. The molecule has 4 heavy (non-hydrogen) atoms. The summed E-state index contributed by atoms with van der Waals surface area (Å²) in [4.78, 5) is 8.57. The quantitative estimate of drug-likeness (QED) is 0.290. The van der Waals surface area contributed by atoms with Crippen molar-refractivity contribution in [1.29, 1.82) is 0 Å². The summed E-state index contributed by atoms with van der Waals surface area (Å²) < 4.78 is 0. The standard InChI is InChI=1S/CHClO.Rh/c2-1-3;/h1H;. The molecule has 0 aliphatic carbocycles. The van der Waals surface area contributed by atoms with Crippen molar-refractivity contribution in [1.82, 2.24) is 0 Å². The van der Waals surface area contributed by atoms with Crippen LogP contribution >= 0.6 is 11.6 Å². The number of hydrogen-bond donors (Lipinski definition) is 0. The van der Waals surface area contributed by atoms with E-state index in [1.807, 2.05) is 0 Å². The molecule has 1 nitrogen and oxygen atoms in total. The molecule has 0 saturated carbocycles. The van der Waals surface area contributed by atoms with Gasteiger partial charge in [0.25, 0.3) is 0 Å². The molecule has 0 rings (SSSR count). The average molecular weight is 167 g/mol. The summed E-state index contributed by atoms with van der Waals surface area (Å²) in [6.45, 7) is 0. The molecule has 0 saturated heterocycles. The molecule has 0 bridgehead atoms. The van der Waals surface area contributed by atoms with E-state index in [1.165, 1.54) is 0 Å². The molecule has 0 N–H and O–H groups in total. The van der Waals surface area contributed by atoms with Crippen molar-refractivity contribution in [3.05, 3.63) is 0 Å². The maximum Gasteiger partial charge on any atom is 0.208 e. The molecule has 27 valence electrons. The van der Waals surface area contributed by atoms with Crippen LogP contribution in [0.15, 0.2) is 0 Å². The summed E-state index contributed by atoms with van der Waals surface area (Å²) in [5.41, 5.74) is 0. The van der Waals surface area contributed by atoms with Gasteiger partial charge in [0.05, 0.1) is 0 Å². The van der Waals surface area contributed by atoms with Gasteiger partial charge in [-0.3, -0.25) is 4.79 Å². The Morgan fingerprint density at radius 3 is 1.75 bits per heavy atom. The molecular formula is CHClORh. The van der Waals surface area contributed by atoms with Crippen molar-refractivity contribution < 1.29 is 24.3 Å². The molecule has 0 spiro atoms. The van der Waals surface area contributed by atoms with Crippen molar-refractivity contribution in [2.45, 2.75) is 0 Å². The second-order valence-electron chi connectivity index (χ2n) is 0.0891. The van der Waals surface area contributed by atoms with Gasteiger partial charge in [0.2, 0.25) is 5.75 Å². The van der Waals surface area contributed by atoms with E-state index in [2.05, 4.69) is 11.6 Å². The topological polar surface area (TPSA) is 17.1 Å². The average Bonchev–Trinajstić information content (AvgIpc) is 0.918. The fourth-order valence-corrected chi connectivity index (χ4v) is 0. The van der Waals surface area contributed by atoms with E-state index in [1.54, 1.807) is 0 Å². The van der Waals surface area contributed by atoms with Gasteiger partial charge >= 0.3 is 0 Å². The minimum Gasteiger partial charge on any atom is -0.285 e. The fourth-order valence-electron chi connectivity index (χ4n) is 0. The third-order valence-electron chi connectivity index (χ3n) is 0. The molecule has 0 aliphatic rings. The zero-order chi connectivity index (χ0) is 2.71. The Balaban J connectivity index is 0. The normalized spacial score (nSPS) is 3.25. The zero-order valence-electron chi connectivity index (χ0n) is 1.70. The van der Waals surface area contributed by atoms with E-state index in [9.17, 15) is 0 Å². The van der Waals surface area contributed by atoms with E-state index >= 15 is 0 Å². The molecule has 0 aromatic heterocycles. The maximum absolute atomic E-state index is 8.57. The van der Waals surface area contributed by atoms with Crippen LogP contribution in [0, 0.1) is 0 Å². The summed E-state index contributed by atoms with van der Waals surface area (Å²) in [7, 11) is 0. The Kier molecular flexibility index (Phi) is 21.0. The van der Waals surface area contributed by atoms with E-state index in [-0.39, 0.29) is 25.2 Å². The Labute approximate surface area is 42.1 Å². The zero-order valence-corrected chi connectivity index (χ0v) is 4.09. The van der Waals surface area contributed by atoms with Crippen LogP contribution in [0.1, 0.15) is 0 Å². The number of hydrogen-bond acceptors (Lipinski definition) is 1. The largest absolute Gasteiger partial charge is 0.285 e. The third kappa shape index (κ3) is 19.0. The third-order valence-corrected chi connectivity index (χ3v) is 0. The first-order valence-electron chi connectivity index (χ1n) is 0.454. The van der Waals surface area contributed by atoms with E-state index in [0.717, 1.165) is 0 Å². The molecule has 1 radical (unpaired) electrons. The van der Waals surface area contributed by atoms with Gasteiger partial charge in [-0.2, -0.15) is 0 Å². The molecule has 0 fully saturated rings. The van der Waals surface area contributed by atoms with Gasteiger partial charge in [-0.1, -0.05) is 0 Å². The van der Waals surface area contributed by atoms with Gasteiger partial charge < -0.3 is 0 Å². The molecule has 0 unspecified atom stereocenters. The Bertz CT molecular complexity index is 15.5. The summed E-state index contributed by atoms with van der Waals surface area (Å²) >= 11 is 4.32. The Morgan fingerprint density at radius 1 is 1.75 bits per heavy atom. The van der Waals surface area contributed by atoms with Gasteiger partial charge in [-0.25, -0.2) is 0 Å². The van der Waals surface area contributed by atoms with Crippen LogP contribution in [0.2, 0.25) is 0 Å². The summed E-state index contributed by atoms with van der Waals surface area (Å²) in [5.74, 6) is 0.222. The van der Waals surface area contributed by atoms with Crippen molar-refractivity contribution in [3.8, 4) is 0 Å². The maximum atomic E-state index is 8.57. The van der Waals surface area contributed by atoms with Crippen molar-refractivity contribution in [3.63, 3.8) is 0 Å². The molecule has 0 amide bonds. The second kappa shape index (κ2) is 9.54. The number of halogens is 1. The fraction of sp³-hybridized carbons (Fsp3) is 0. The van der Waals surface area contributed by atoms with Crippen LogP contribution in [0.3, 0.4) is 0 Å². The Morgan fingerprint density at radius 2 is 1.75 bits per heavy atom. The van der Waals surface area contributed by atoms with E-state index < -0.39 is 0 Å². The summed E-state index contributed by atoms with van der Waals surface area (Å²) in [6, 6.07) is 0. The summed E-state index contributed by atoms with van der Waals surface area (Å²) in [6.07, 6.45) is 0. The first-order chi connectivity index (χ1) is 1.41. The first-order valence-corrected chi connectivity index (χ1v) is 0.890. The minimum absolute atomic E-state index is 0. The number of carbonyl (C=O) groups excluding carboxylic acids is 1. The number of carbonyl (C=O) groups is 1. The van der Waals surface area contributed by atoms with Gasteiger partial charge in [0.15, 0.2) is 0 Å². The van der Waals surface area contributed by atoms with Gasteiger partial charge in [0, 0.05) is 19.5 Å². The van der Waals surface area contributed by atoms with Crippen LogP contribution in [-0.2, 0) is 24.3 Å². The van der Waals surface area contributed by atoms with Crippen LogP contribution in [0.5, 0.6) is 0 Å². The van der Waals surface area contributed by atoms with Gasteiger partial charge in [0.1, 0.15) is 0 Å². The number of rotatable bonds is 0. The van der Waals surface area contributed by atoms with Crippen LogP contribution in [0.25, 0.3) is 0 Å². The predicted octanol–water partition coefficient (Wildman–Crippen LogP) is 0.413. The second-order valence-corrected chi connectivity index (χ2v) is 0.267. The molecule has 0 heterocycles. The van der Waals surface area contributed by atoms with Gasteiger partial charge in [-0.15, -0.1) is 0 Å². The molecule has 0 aliphatic heterocycles. The Hall–Kier alpha value is 0.583. The first kappa shape index (κ1) is 8.82. The molecule has 0 atom stereocenters. The van der Waals surface area contributed by atoms with Crippen LogP contribution < -0.4 is 0 Å². The van der Waals surface area contributed by atoms with Gasteiger partial charge in [-0.05, 0) is 11.6 Å². The van der Waals surface area contributed by atoms with E-state index in [0.29, 0.717) is 0 Å². The van der Waals surface area contributed by atoms with Crippen molar-refractivity contribution >= 4 is 17.3 Å². The molecule has 0 aromatic carbocycles. The molecule has 3 heteroatoms. The van der Waals surface area contributed by atoms with Crippen LogP contribution in [0.4, 0.5) is 0 Å². The SMILES string of the molecule is O=CCl.[Rh].